The average Bonchev–Trinajstić information content (AvgIpc) is 2.64. The number of carboxylic acids is 1. The zero-order valence-corrected chi connectivity index (χ0v) is 16.0. The Morgan fingerprint density at radius 3 is 2.59 bits per heavy atom. The van der Waals surface area contributed by atoms with E-state index in [-0.39, 0.29) is 29.0 Å². The summed E-state index contributed by atoms with van der Waals surface area (Å²) in [5.74, 6) is 0.106. The molecule has 1 amide bonds. The maximum Gasteiger partial charge on any atom is 0.303 e. The fraction of sp³-hybridized carbons (Fsp3) is 0.368. The van der Waals surface area contributed by atoms with E-state index in [9.17, 15) is 9.59 Å². The minimum atomic E-state index is -0.839. The van der Waals surface area contributed by atoms with E-state index in [1.807, 2.05) is 26.0 Å². The molecule has 2 N–H and O–H groups in total. The zero-order chi connectivity index (χ0) is 19.8. The minimum absolute atomic E-state index is 0.0776. The Bertz CT molecular complexity index is 794. The quantitative estimate of drug-likeness (QED) is 0.635. The van der Waals surface area contributed by atoms with Crippen molar-refractivity contribution in [3.63, 3.8) is 0 Å². The van der Waals surface area contributed by atoms with Crippen LogP contribution in [0.1, 0.15) is 54.5 Å². The van der Waals surface area contributed by atoms with Crippen molar-refractivity contribution < 1.29 is 19.4 Å². The van der Waals surface area contributed by atoms with Crippen LogP contribution in [-0.2, 0) is 11.3 Å². The number of nitrogens with zero attached hydrogens (tertiary/aromatic N) is 2. The van der Waals surface area contributed by atoms with Gasteiger partial charge in [0.15, 0.2) is 0 Å². The van der Waals surface area contributed by atoms with Crippen molar-refractivity contribution in [2.45, 2.75) is 39.2 Å². The van der Waals surface area contributed by atoms with E-state index in [0.717, 1.165) is 5.56 Å². The molecule has 0 saturated carbocycles. The topological polar surface area (TPSA) is 101 Å². The molecular formula is C19H22ClN3O4. The molecule has 0 atom stereocenters. The van der Waals surface area contributed by atoms with Crippen molar-refractivity contribution in [1.82, 2.24) is 15.3 Å². The van der Waals surface area contributed by atoms with E-state index in [1.165, 1.54) is 6.20 Å². The number of aromatic nitrogens is 2. The monoisotopic (exact) mass is 391 g/mol. The number of nitrogens with one attached hydrogen (secondary N) is 1. The molecule has 0 aliphatic rings. The SMILES string of the molecule is CC(C)c1ncc(Cl)c(C(=O)NCc2ccc(OCCCC(=O)O)cc2)n1. The number of amides is 1. The van der Waals surface area contributed by atoms with Gasteiger partial charge >= 0.3 is 5.97 Å². The first-order valence-electron chi connectivity index (χ1n) is 8.61. The Balaban J connectivity index is 1.88. The summed E-state index contributed by atoms with van der Waals surface area (Å²) < 4.78 is 5.47. The van der Waals surface area contributed by atoms with Crippen LogP contribution in [0.4, 0.5) is 0 Å². The summed E-state index contributed by atoms with van der Waals surface area (Å²) in [6, 6.07) is 7.20. The maximum absolute atomic E-state index is 12.4. The van der Waals surface area contributed by atoms with Gasteiger partial charge in [0.1, 0.15) is 17.3 Å². The van der Waals surface area contributed by atoms with Crippen LogP contribution in [0.15, 0.2) is 30.5 Å². The third kappa shape index (κ3) is 6.53. The molecule has 0 fully saturated rings. The summed E-state index contributed by atoms with van der Waals surface area (Å²) in [5.41, 5.74) is 1.05. The number of rotatable bonds is 9. The molecule has 27 heavy (non-hydrogen) atoms. The highest BCUT2D eigenvalue weighted by atomic mass is 35.5. The molecule has 2 aromatic rings. The van der Waals surface area contributed by atoms with Crippen LogP contribution in [0, 0.1) is 0 Å². The Labute approximate surface area is 162 Å². The van der Waals surface area contributed by atoms with Gasteiger partial charge in [0.05, 0.1) is 17.8 Å². The lowest BCUT2D eigenvalue weighted by atomic mass is 10.2. The van der Waals surface area contributed by atoms with Gasteiger partial charge < -0.3 is 15.2 Å². The lowest BCUT2D eigenvalue weighted by molar-refractivity contribution is -0.137. The number of ether oxygens (including phenoxy) is 1. The van der Waals surface area contributed by atoms with Gasteiger partial charge in [0.2, 0.25) is 0 Å². The Kier molecular flexibility index (Phi) is 7.55. The molecular weight excluding hydrogens is 370 g/mol. The summed E-state index contributed by atoms with van der Waals surface area (Å²) in [6.45, 7) is 4.54. The summed E-state index contributed by atoms with van der Waals surface area (Å²) >= 11 is 6.04. The highest BCUT2D eigenvalue weighted by Crippen LogP contribution is 2.17. The smallest absolute Gasteiger partial charge is 0.303 e. The number of benzene rings is 1. The number of aliphatic carboxylic acids is 1. The largest absolute Gasteiger partial charge is 0.494 e. The lowest BCUT2D eigenvalue weighted by Gasteiger charge is -2.10. The second-order valence-corrected chi connectivity index (χ2v) is 6.66. The first-order valence-corrected chi connectivity index (χ1v) is 8.98. The highest BCUT2D eigenvalue weighted by Gasteiger charge is 2.15. The minimum Gasteiger partial charge on any atom is -0.494 e. The Morgan fingerprint density at radius 1 is 1.26 bits per heavy atom. The molecule has 1 heterocycles. The number of hydrogen-bond donors (Lipinski definition) is 2. The maximum atomic E-state index is 12.4. The van der Waals surface area contributed by atoms with Crippen LogP contribution in [0.3, 0.4) is 0 Å². The molecule has 0 aliphatic carbocycles. The van der Waals surface area contributed by atoms with E-state index in [1.54, 1.807) is 12.1 Å². The third-order valence-corrected chi connectivity index (χ3v) is 3.95. The Morgan fingerprint density at radius 2 is 1.96 bits per heavy atom. The molecule has 8 heteroatoms. The zero-order valence-electron chi connectivity index (χ0n) is 15.2. The van der Waals surface area contributed by atoms with Gasteiger partial charge in [-0.25, -0.2) is 9.97 Å². The second-order valence-electron chi connectivity index (χ2n) is 6.25. The summed E-state index contributed by atoms with van der Waals surface area (Å²) in [5, 5.41) is 11.6. The third-order valence-electron chi connectivity index (χ3n) is 3.67. The first-order chi connectivity index (χ1) is 12.9. The van der Waals surface area contributed by atoms with Gasteiger partial charge in [-0.3, -0.25) is 9.59 Å². The predicted molar refractivity (Wildman–Crippen MR) is 101 cm³/mol. The van der Waals surface area contributed by atoms with Crippen molar-refractivity contribution in [2.24, 2.45) is 0 Å². The molecule has 144 valence electrons. The van der Waals surface area contributed by atoms with Crippen LogP contribution in [-0.4, -0.2) is 33.6 Å². The van der Waals surface area contributed by atoms with Crippen LogP contribution >= 0.6 is 11.6 Å². The van der Waals surface area contributed by atoms with Gasteiger partial charge in [-0.05, 0) is 24.1 Å². The van der Waals surface area contributed by atoms with Crippen molar-refractivity contribution in [3.8, 4) is 5.75 Å². The van der Waals surface area contributed by atoms with E-state index < -0.39 is 5.97 Å². The standard InChI is InChI=1S/C19H22ClN3O4/c1-12(2)18-21-11-15(20)17(23-18)19(26)22-10-13-5-7-14(8-6-13)27-9-3-4-16(24)25/h5-8,11-12H,3-4,9-10H2,1-2H3,(H,22,26)(H,24,25). The van der Waals surface area contributed by atoms with E-state index in [0.29, 0.717) is 31.1 Å². The van der Waals surface area contributed by atoms with E-state index in [4.69, 9.17) is 21.4 Å². The number of halogens is 1. The first kappa shape index (κ1) is 20.6. The molecule has 0 unspecified atom stereocenters. The molecule has 0 radical (unpaired) electrons. The molecule has 7 nitrogen and oxygen atoms in total. The molecule has 0 spiro atoms. The van der Waals surface area contributed by atoms with Gasteiger partial charge in [-0.1, -0.05) is 37.6 Å². The number of carbonyl (C=O) groups excluding carboxylic acids is 1. The van der Waals surface area contributed by atoms with E-state index in [2.05, 4.69) is 15.3 Å². The van der Waals surface area contributed by atoms with Crippen molar-refractivity contribution in [2.75, 3.05) is 6.61 Å². The van der Waals surface area contributed by atoms with Crippen LogP contribution in [0.5, 0.6) is 5.75 Å². The van der Waals surface area contributed by atoms with Crippen LogP contribution in [0.2, 0.25) is 5.02 Å². The summed E-state index contributed by atoms with van der Waals surface area (Å²) in [6.07, 6.45) is 1.97. The van der Waals surface area contributed by atoms with Crippen molar-refractivity contribution in [3.05, 3.63) is 52.6 Å². The molecule has 1 aromatic carbocycles. The molecule has 0 bridgehead atoms. The molecule has 0 saturated heterocycles. The van der Waals surface area contributed by atoms with Crippen LogP contribution in [0.25, 0.3) is 0 Å². The van der Waals surface area contributed by atoms with Gasteiger partial charge in [-0.15, -0.1) is 0 Å². The summed E-state index contributed by atoms with van der Waals surface area (Å²) in [4.78, 5) is 31.2. The summed E-state index contributed by atoms with van der Waals surface area (Å²) in [7, 11) is 0. The van der Waals surface area contributed by atoms with Gasteiger partial charge in [0.25, 0.3) is 5.91 Å². The number of carbonyl (C=O) groups is 2. The molecule has 2 rings (SSSR count). The average molecular weight is 392 g/mol. The van der Waals surface area contributed by atoms with Crippen molar-refractivity contribution >= 4 is 23.5 Å². The molecule has 0 aliphatic heterocycles. The fourth-order valence-electron chi connectivity index (χ4n) is 2.20. The van der Waals surface area contributed by atoms with Gasteiger partial charge in [-0.2, -0.15) is 0 Å². The predicted octanol–water partition coefficient (Wildman–Crippen LogP) is 3.43. The normalized spacial score (nSPS) is 10.7. The lowest BCUT2D eigenvalue weighted by Crippen LogP contribution is -2.25. The number of hydrogen-bond acceptors (Lipinski definition) is 5. The van der Waals surface area contributed by atoms with Gasteiger partial charge in [0, 0.05) is 18.9 Å². The van der Waals surface area contributed by atoms with Crippen LogP contribution < -0.4 is 10.1 Å². The number of carboxylic acid groups (broad SMARTS) is 1. The second kappa shape index (κ2) is 9.87. The highest BCUT2D eigenvalue weighted by molar-refractivity contribution is 6.33. The fourth-order valence-corrected chi connectivity index (χ4v) is 2.38. The molecule has 1 aromatic heterocycles. The Hall–Kier alpha value is -2.67. The van der Waals surface area contributed by atoms with E-state index >= 15 is 0 Å². The van der Waals surface area contributed by atoms with Crippen molar-refractivity contribution in [1.29, 1.82) is 0 Å².